The lowest BCUT2D eigenvalue weighted by Gasteiger charge is -2.33. The number of carbonyl (C=O) groups excluding carboxylic acids is 1. The third-order valence-electron chi connectivity index (χ3n) is 4.74. The molecule has 0 fully saturated rings. The van der Waals surface area contributed by atoms with Crippen molar-refractivity contribution in [3.8, 4) is 0 Å². The average molecular weight is 318 g/mol. The lowest BCUT2D eigenvalue weighted by molar-refractivity contribution is -0.123. The van der Waals surface area contributed by atoms with Crippen molar-refractivity contribution in [1.29, 1.82) is 0 Å². The zero-order chi connectivity index (χ0) is 17.2. The van der Waals surface area contributed by atoms with E-state index in [0.717, 1.165) is 11.0 Å². The lowest BCUT2D eigenvalue weighted by Crippen LogP contribution is -2.55. The van der Waals surface area contributed by atoms with E-state index in [1.165, 1.54) is 0 Å². The van der Waals surface area contributed by atoms with Crippen molar-refractivity contribution in [3.05, 3.63) is 34.7 Å². The molecule has 0 aliphatic heterocycles. The van der Waals surface area contributed by atoms with Crippen molar-refractivity contribution in [2.24, 2.45) is 18.7 Å². The van der Waals surface area contributed by atoms with Crippen molar-refractivity contribution in [3.63, 3.8) is 0 Å². The molecule has 0 saturated carbocycles. The van der Waals surface area contributed by atoms with Gasteiger partial charge in [-0.3, -0.25) is 13.9 Å². The van der Waals surface area contributed by atoms with Crippen LogP contribution in [0.1, 0.15) is 27.2 Å². The number of amides is 1. The molecule has 1 aromatic heterocycles. The third kappa shape index (κ3) is 3.32. The summed E-state index contributed by atoms with van der Waals surface area (Å²) in [5.41, 5.74) is 6.97. The topological polar surface area (TPSA) is 82.1 Å². The number of hydrogen-bond acceptors (Lipinski definition) is 3. The van der Waals surface area contributed by atoms with Crippen LogP contribution in [0.5, 0.6) is 0 Å². The summed E-state index contributed by atoms with van der Waals surface area (Å²) in [6, 6.07) is 7.58. The van der Waals surface area contributed by atoms with Crippen molar-refractivity contribution in [1.82, 2.24) is 14.5 Å². The largest absolute Gasteiger partial charge is 0.349 e. The summed E-state index contributed by atoms with van der Waals surface area (Å²) < 4.78 is 3.25. The smallest absolute Gasteiger partial charge is 0.328 e. The second-order valence-electron chi connectivity index (χ2n) is 6.56. The number of imidazole rings is 1. The number of rotatable bonds is 6. The minimum Gasteiger partial charge on any atom is -0.349 e. The zero-order valence-corrected chi connectivity index (χ0v) is 14.3. The molecular formula is C17H26N4O2. The van der Waals surface area contributed by atoms with E-state index in [4.69, 9.17) is 5.73 Å². The Morgan fingerprint density at radius 1 is 1.30 bits per heavy atom. The van der Waals surface area contributed by atoms with Crippen molar-refractivity contribution in [2.45, 2.75) is 39.3 Å². The van der Waals surface area contributed by atoms with Crippen LogP contribution < -0.4 is 16.7 Å². The summed E-state index contributed by atoms with van der Waals surface area (Å²) >= 11 is 0. The number of nitrogens with zero attached hydrogens (tertiary/aromatic N) is 2. The minimum absolute atomic E-state index is 0.0912. The predicted octanol–water partition coefficient (Wildman–Crippen LogP) is 1.22. The Morgan fingerprint density at radius 3 is 2.48 bits per heavy atom. The molecule has 0 aliphatic rings. The summed E-state index contributed by atoms with van der Waals surface area (Å²) in [6.45, 7) is 6.74. The molecule has 1 heterocycles. The minimum atomic E-state index is -0.430. The number of aromatic nitrogens is 2. The van der Waals surface area contributed by atoms with Gasteiger partial charge >= 0.3 is 5.69 Å². The highest BCUT2D eigenvalue weighted by Crippen LogP contribution is 2.15. The van der Waals surface area contributed by atoms with Gasteiger partial charge in [0.1, 0.15) is 0 Å². The number of benzene rings is 1. The molecule has 3 N–H and O–H groups in total. The number of hydrogen-bond donors (Lipinski definition) is 2. The molecule has 1 unspecified atom stereocenters. The van der Waals surface area contributed by atoms with Crippen LogP contribution in [0.2, 0.25) is 0 Å². The Morgan fingerprint density at radius 2 is 1.91 bits per heavy atom. The van der Waals surface area contributed by atoms with Gasteiger partial charge in [-0.25, -0.2) is 4.79 Å². The van der Waals surface area contributed by atoms with Crippen molar-refractivity contribution >= 4 is 16.9 Å². The van der Waals surface area contributed by atoms with Gasteiger partial charge in [-0.2, -0.15) is 0 Å². The van der Waals surface area contributed by atoms with Crippen LogP contribution in [0.25, 0.3) is 11.0 Å². The van der Waals surface area contributed by atoms with Gasteiger partial charge in [0.2, 0.25) is 5.91 Å². The molecule has 0 spiro atoms. The first-order valence-electron chi connectivity index (χ1n) is 7.95. The Balaban J connectivity index is 2.14. The molecule has 23 heavy (non-hydrogen) atoms. The molecule has 0 bridgehead atoms. The first-order chi connectivity index (χ1) is 10.8. The highest BCUT2D eigenvalue weighted by Gasteiger charge is 2.28. The van der Waals surface area contributed by atoms with E-state index in [1.54, 1.807) is 16.2 Å². The first kappa shape index (κ1) is 17.3. The van der Waals surface area contributed by atoms with E-state index in [0.29, 0.717) is 13.1 Å². The highest BCUT2D eigenvalue weighted by molar-refractivity contribution is 5.78. The van der Waals surface area contributed by atoms with Crippen LogP contribution in [-0.4, -0.2) is 27.1 Å². The standard InChI is InChI=1S/C17H26N4O2/c1-12(2)17(3,11-18)19-15(22)9-10-21-14-8-6-5-7-13(14)20(4)16(21)23/h5-8,12H,9-11,18H2,1-4H3,(H,19,22). The summed E-state index contributed by atoms with van der Waals surface area (Å²) in [4.78, 5) is 24.6. The van der Waals surface area contributed by atoms with Crippen LogP contribution in [0.4, 0.5) is 0 Å². The van der Waals surface area contributed by atoms with Crippen LogP contribution in [-0.2, 0) is 18.4 Å². The molecule has 0 radical (unpaired) electrons. The molecule has 1 amide bonds. The van der Waals surface area contributed by atoms with E-state index in [1.807, 2.05) is 45.0 Å². The Bertz CT molecular complexity index is 760. The van der Waals surface area contributed by atoms with Crippen LogP contribution in [0.15, 0.2) is 29.1 Å². The second kappa shape index (κ2) is 6.58. The van der Waals surface area contributed by atoms with Crippen LogP contribution in [0.3, 0.4) is 0 Å². The zero-order valence-electron chi connectivity index (χ0n) is 14.3. The number of para-hydroxylation sites is 2. The lowest BCUT2D eigenvalue weighted by atomic mass is 9.88. The number of carbonyl (C=O) groups is 1. The number of fused-ring (bicyclic) bond motifs is 1. The molecule has 6 nitrogen and oxygen atoms in total. The van der Waals surface area contributed by atoms with Gasteiger partial charge in [0.25, 0.3) is 0 Å². The Kier molecular flexibility index (Phi) is 4.94. The quantitative estimate of drug-likeness (QED) is 0.840. The van der Waals surface area contributed by atoms with Gasteiger partial charge in [-0.05, 0) is 25.0 Å². The molecule has 6 heteroatoms. The van der Waals surface area contributed by atoms with Crippen LogP contribution >= 0.6 is 0 Å². The molecule has 2 aromatic rings. The van der Waals surface area contributed by atoms with Gasteiger partial charge < -0.3 is 11.1 Å². The maximum atomic E-state index is 12.3. The van der Waals surface area contributed by atoms with Crippen LogP contribution in [0, 0.1) is 5.92 Å². The molecule has 2 rings (SSSR count). The maximum absolute atomic E-state index is 12.3. The number of aryl methyl sites for hydroxylation is 2. The molecular weight excluding hydrogens is 292 g/mol. The molecule has 0 saturated heterocycles. The fraction of sp³-hybridized carbons (Fsp3) is 0.529. The van der Waals surface area contributed by atoms with Gasteiger partial charge in [0.15, 0.2) is 0 Å². The van der Waals surface area contributed by atoms with Gasteiger partial charge in [0.05, 0.1) is 16.6 Å². The monoisotopic (exact) mass is 318 g/mol. The van der Waals surface area contributed by atoms with E-state index in [2.05, 4.69) is 5.32 Å². The predicted molar refractivity (Wildman–Crippen MR) is 92.2 cm³/mol. The highest BCUT2D eigenvalue weighted by atomic mass is 16.2. The molecule has 126 valence electrons. The summed E-state index contributed by atoms with van der Waals surface area (Å²) in [5.74, 6) is 0.142. The summed E-state index contributed by atoms with van der Waals surface area (Å²) in [6.07, 6.45) is 0.246. The fourth-order valence-electron chi connectivity index (χ4n) is 2.60. The molecule has 1 atom stereocenters. The van der Waals surface area contributed by atoms with E-state index >= 15 is 0 Å². The first-order valence-corrected chi connectivity index (χ1v) is 7.95. The third-order valence-corrected chi connectivity index (χ3v) is 4.74. The van der Waals surface area contributed by atoms with E-state index in [-0.39, 0.29) is 23.9 Å². The summed E-state index contributed by atoms with van der Waals surface area (Å²) in [5, 5.41) is 3.00. The normalized spacial score (nSPS) is 14.2. The second-order valence-corrected chi connectivity index (χ2v) is 6.56. The maximum Gasteiger partial charge on any atom is 0.328 e. The van der Waals surface area contributed by atoms with Gasteiger partial charge in [-0.1, -0.05) is 26.0 Å². The number of nitrogens with one attached hydrogen (secondary N) is 1. The Hall–Kier alpha value is -2.08. The van der Waals surface area contributed by atoms with E-state index in [9.17, 15) is 9.59 Å². The van der Waals surface area contributed by atoms with E-state index < -0.39 is 5.54 Å². The summed E-state index contributed by atoms with van der Waals surface area (Å²) in [7, 11) is 1.74. The molecule has 0 aliphatic carbocycles. The van der Waals surface area contributed by atoms with Crippen molar-refractivity contribution in [2.75, 3.05) is 6.54 Å². The van der Waals surface area contributed by atoms with Gasteiger partial charge in [0, 0.05) is 26.6 Å². The average Bonchev–Trinajstić information content (AvgIpc) is 2.77. The van der Waals surface area contributed by atoms with Gasteiger partial charge in [-0.15, -0.1) is 0 Å². The SMILES string of the molecule is CC(C)C(C)(CN)NC(=O)CCn1c(=O)n(C)c2ccccc21. The molecule has 1 aromatic carbocycles. The fourth-order valence-corrected chi connectivity index (χ4v) is 2.60. The van der Waals surface area contributed by atoms with Crippen molar-refractivity contribution < 1.29 is 4.79 Å². The Labute approximate surface area is 136 Å². The number of nitrogens with two attached hydrogens (primary N) is 1.